The third kappa shape index (κ3) is 3.15. The Labute approximate surface area is 92.3 Å². The van der Waals surface area contributed by atoms with Gasteiger partial charge in [-0.05, 0) is 16.8 Å². The molecule has 0 N–H and O–H groups in total. The molecular weight excluding hydrogens is 216 g/mol. The topological polar surface area (TPSA) is 62.1 Å². The maximum absolute atomic E-state index is 5.43. The SMILES string of the molecule is Cn1nnnc1SCCC1OCCCO1. The van der Waals surface area contributed by atoms with E-state index in [2.05, 4.69) is 15.5 Å². The van der Waals surface area contributed by atoms with E-state index >= 15 is 0 Å². The van der Waals surface area contributed by atoms with Crippen molar-refractivity contribution in [3.05, 3.63) is 0 Å². The smallest absolute Gasteiger partial charge is 0.209 e. The standard InChI is InChI=1S/C8H14N4O2S/c1-12-8(9-10-11-12)15-6-3-7-13-4-2-5-14-7/h7H,2-6H2,1H3. The van der Waals surface area contributed by atoms with Gasteiger partial charge in [-0.1, -0.05) is 11.8 Å². The van der Waals surface area contributed by atoms with Gasteiger partial charge in [0.05, 0.1) is 13.2 Å². The van der Waals surface area contributed by atoms with Crippen molar-refractivity contribution in [2.24, 2.45) is 7.05 Å². The monoisotopic (exact) mass is 230 g/mol. The predicted molar refractivity (Wildman–Crippen MR) is 54.4 cm³/mol. The van der Waals surface area contributed by atoms with Crippen molar-refractivity contribution in [2.75, 3.05) is 19.0 Å². The van der Waals surface area contributed by atoms with Crippen LogP contribution in [0.3, 0.4) is 0 Å². The summed E-state index contributed by atoms with van der Waals surface area (Å²) < 4.78 is 12.5. The van der Waals surface area contributed by atoms with E-state index in [1.165, 1.54) is 0 Å². The van der Waals surface area contributed by atoms with Gasteiger partial charge in [0, 0.05) is 19.2 Å². The molecule has 0 aliphatic carbocycles. The van der Waals surface area contributed by atoms with Crippen molar-refractivity contribution in [3.8, 4) is 0 Å². The Morgan fingerprint density at radius 3 is 2.93 bits per heavy atom. The van der Waals surface area contributed by atoms with Gasteiger partial charge in [0.2, 0.25) is 5.16 Å². The van der Waals surface area contributed by atoms with Gasteiger partial charge in [-0.25, -0.2) is 4.68 Å². The van der Waals surface area contributed by atoms with Crippen LogP contribution in [0, 0.1) is 0 Å². The second kappa shape index (κ2) is 5.43. The van der Waals surface area contributed by atoms with Gasteiger partial charge >= 0.3 is 0 Å². The van der Waals surface area contributed by atoms with Crippen molar-refractivity contribution in [3.63, 3.8) is 0 Å². The number of rotatable bonds is 4. The zero-order valence-corrected chi connectivity index (χ0v) is 9.44. The number of aryl methyl sites for hydroxylation is 1. The molecule has 7 heteroatoms. The number of hydrogen-bond donors (Lipinski definition) is 0. The van der Waals surface area contributed by atoms with Crippen LogP contribution >= 0.6 is 11.8 Å². The first-order chi connectivity index (χ1) is 7.36. The first-order valence-corrected chi connectivity index (χ1v) is 5.93. The second-order valence-electron chi connectivity index (χ2n) is 3.25. The quantitative estimate of drug-likeness (QED) is 0.700. The summed E-state index contributed by atoms with van der Waals surface area (Å²) in [5.41, 5.74) is 0. The summed E-state index contributed by atoms with van der Waals surface area (Å²) >= 11 is 1.61. The normalized spacial score (nSPS) is 18.2. The Kier molecular flexibility index (Phi) is 3.93. The molecule has 2 rings (SSSR count). The maximum Gasteiger partial charge on any atom is 0.209 e. The van der Waals surface area contributed by atoms with E-state index in [9.17, 15) is 0 Å². The number of tetrazole rings is 1. The molecule has 6 nitrogen and oxygen atoms in total. The van der Waals surface area contributed by atoms with Crippen molar-refractivity contribution in [1.82, 2.24) is 20.2 Å². The average Bonchev–Trinajstić information content (AvgIpc) is 2.66. The van der Waals surface area contributed by atoms with Gasteiger partial charge in [-0.2, -0.15) is 0 Å². The van der Waals surface area contributed by atoms with Gasteiger partial charge in [-0.3, -0.25) is 0 Å². The summed E-state index contributed by atoms with van der Waals surface area (Å²) in [4.78, 5) is 0. The van der Waals surface area contributed by atoms with Crippen LogP contribution in [-0.4, -0.2) is 45.5 Å². The Hall–Kier alpha value is -0.660. The summed E-state index contributed by atoms with van der Waals surface area (Å²) in [5.74, 6) is 0.902. The Bertz CT molecular complexity index is 301. The number of hydrogen-bond acceptors (Lipinski definition) is 6. The highest BCUT2D eigenvalue weighted by Gasteiger charge is 2.14. The lowest BCUT2D eigenvalue weighted by Crippen LogP contribution is -2.25. The molecule has 15 heavy (non-hydrogen) atoms. The molecule has 1 aromatic rings. The van der Waals surface area contributed by atoms with Crippen LogP contribution in [0.15, 0.2) is 5.16 Å². The van der Waals surface area contributed by atoms with E-state index in [0.29, 0.717) is 0 Å². The van der Waals surface area contributed by atoms with E-state index in [0.717, 1.165) is 37.0 Å². The van der Waals surface area contributed by atoms with E-state index in [1.54, 1.807) is 16.4 Å². The lowest BCUT2D eigenvalue weighted by molar-refractivity contribution is -0.178. The minimum Gasteiger partial charge on any atom is -0.353 e. The van der Waals surface area contributed by atoms with Gasteiger partial charge in [0.15, 0.2) is 6.29 Å². The second-order valence-corrected chi connectivity index (χ2v) is 4.31. The summed E-state index contributed by atoms with van der Waals surface area (Å²) in [6.07, 6.45) is 1.82. The Morgan fingerprint density at radius 1 is 1.47 bits per heavy atom. The number of nitrogens with zero attached hydrogens (tertiary/aromatic N) is 4. The van der Waals surface area contributed by atoms with Gasteiger partial charge < -0.3 is 9.47 Å². The van der Waals surface area contributed by atoms with E-state index in [4.69, 9.17) is 9.47 Å². The van der Waals surface area contributed by atoms with Crippen LogP contribution < -0.4 is 0 Å². The third-order valence-corrected chi connectivity index (χ3v) is 3.11. The average molecular weight is 230 g/mol. The molecule has 0 spiro atoms. The lowest BCUT2D eigenvalue weighted by Gasteiger charge is -2.22. The minimum absolute atomic E-state index is 0.0487. The highest BCUT2D eigenvalue weighted by molar-refractivity contribution is 7.99. The number of aromatic nitrogens is 4. The predicted octanol–water partition coefficient (Wildman–Crippen LogP) is 0.455. The van der Waals surface area contributed by atoms with E-state index in [1.807, 2.05) is 7.05 Å². The van der Waals surface area contributed by atoms with E-state index < -0.39 is 0 Å². The van der Waals surface area contributed by atoms with Crippen LogP contribution in [0.1, 0.15) is 12.8 Å². The number of ether oxygens (including phenoxy) is 2. The maximum atomic E-state index is 5.43. The van der Waals surface area contributed by atoms with Crippen LogP contribution in [0.5, 0.6) is 0 Å². The number of thioether (sulfide) groups is 1. The minimum atomic E-state index is -0.0487. The van der Waals surface area contributed by atoms with Crippen molar-refractivity contribution >= 4 is 11.8 Å². The summed E-state index contributed by atoms with van der Waals surface area (Å²) in [6, 6.07) is 0. The lowest BCUT2D eigenvalue weighted by atomic mass is 10.4. The molecule has 84 valence electrons. The molecule has 1 aliphatic rings. The third-order valence-electron chi connectivity index (χ3n) is 2.06. The molecule has 0 radical (unpaired) electrons. The molecule has 1 aromatic heterocycles. The highest BCUT2D eigenvalue weighted by Crippen LogP contribution is 2.17. The molecule has 0 saturated carbocycles. The molecule has 0 unspecified atom stereocenters. The molecule has 0 aromatic carbocycles. The van der Waals surface area contributed by atoms with Crippen molar-refractivity contribution in [1.29, 1.82) is 0 Å². The molecule has 1 fully saturated rings. The Balaban J connectivity index is 1.68. The molecule has 2 heterocycles. The largest absolute Gasteiger partial charge is 0.353 e. The zero-order chi connectivity index (χ0) is 10.5. The molecule has 0 atom stereocenters. The van der Waals surface area contributed by atoms with Crippen LogP contribution in [-0.2, 0) is 16.5 Å². The molecule has 0 amide bonds. The fourth-order valence-corrected chi connectivity index (χ4v) is 2.10. The van der Waals surface area contributed by atoms with Crippen LogP contribution in [0.4, 0.5) is 0 Å². The van der Waals surface area contributed by atoms with Crippen LogP contribution in [0.2, 0.25) is 0 Å². The first kappa shape index (κ1) is 10.8. The van der Waals surface area contributed by atoms with Crippen molar-refractivity contribution < 1.29 is 9.47 Å². The van der Waals surface area contributed by atoms with Gasteiger partial charge in [-0.15, -0.1) is 5.10 Å². The molecule has 0 bridgehead atoms. The van der Waals surface area contributed by atoms with E-state index in [-0.39, 0.29) is 6.29 Å². The fourth-order valence-electron chi connectivity index (χ4n) is 1.29. The highest BCUT2D eigenvalue weighted by atomic mass is 32.2. The molecular formula is C8H14N4O2S. The zero-order valence-electron chi connectivity index (χ0n) is 8.63. The first-order valence-electron chi connectivity index (χ1n) is 4.94. The molecule has 1 saturated heterocycles. The van der Waals surface area contributed by atoms with Crippen LogP contribution in [0.25, 0.3) is 0 Å². The fraction of sp³-hybridized carbons (Fsp3) is 0.875. The summed E-state index contributed by atoms with van der Waals surface area (Å²) in [5, 5.41) is 12.0. The van der Waals surface area contributed by atoms with Crippen molar-refractivity contribution in [2.45, 2.75) is 24.3 Å². The van der Waals surface area contributed by atoms with Gasteiger partial charge in [0.25, 0.3) is 0 Å². The van der Waals surface area contributed by atoms with Gasteiger partial charge in [0.1, 0.15) is 0 Å². The summed E-state index contributed by atoms with van der Waals surface area (Å²) in [6.45, 7) is 1.61. The molecule has 1 aliphatic heterocycles. The Morgan fingerprint density at radius 2 is 2.27 bits per heavy atom. The summed E-state index contributed by atoms with van der Waals surface area (Å²) in [7, 11) is 1.83.